The topological polar surface area (TPSA) is 41.5 Å². The van der Waals surface area contributed by atoms with E-state index in [1.807, 2.05) is 6.92 Å². The van der Waals surface area contributed by atoms with Crippen LogP contribution in [0.25, 0.3) is 0 Å². The molecule has 0 bridgehead atoms. The second kappa shape index (κ2) is 2.92. The van der Waals surface area contributed by atoms with Crippen LogP contribution < -0.4 is 5.32 Å². The largest absolute Gasteiger partial charge is 0.293 e. The number of rotatable bonds is 4. The summed E-state index contributed by atoms with van der Waals surface area (Å²) in [6.07, 6.45) is 2.24. The summed E-state index contributed by atoms with van der Waals surface area (Å²) in [4.78, 5) is 10.1. The first-order chi connectivity index (χ1) is 4.38. The van der Waals surface area contributed by atoms with Crippen molar-refractivity contribution in [3.8, 4) is 0 Å². The van der Waals surface area contributed by atoms with E-state index in [1.165, 1.54) is 12.8 Å². The Balaban J connectivity index is 2.20. The van der Waals surface area contributed by atoms with Gasteiger partial charge in [0.2, 0.25) is 0 Å². The van der Waals surface area contributed by atoms with Gasteiger partial charge >= 0.3 is 0 Å². The Hall–Kier alpha value is -0.440. The number of hydrogen-bond acceptors (Lipinski definition) is 3. The standard InChI is InChI=1S/C6H12N2O/c1-2-7-6(8-9)5-3-4-5/h5-7H,2-4H2,1H3. The zero-order valence-corrected chi connectivity index (χ0v) is 5.63. The van der Waals surface area contributed by atoms with E-state index < -0.39 is 0 Å². The van der Waals surface area contributed by atoms with Gasteiger partial charge in [0.15, 0.2) is 0 Å². The van der Waals surface area contributed by atoms with Crippen LogP contribution in [0.4, 0.5) is 0 Å². The average Bonchev–Trinajstić information content (AvgIpc) is 2.64. The van der Waals surface area contributed by atoms with Gasteiger partial charge in [-0.25, -0.2) is 0 Å². The first-order valence-electron chi connectivity index (χ1n) is 3.44. The summed E-state index contributed by atoms with van der Waals surface area (Å²) in [5.41, 5.74) is 0. The van der Waals surface area contributed by atoms with E-state index in [4.69, 9.17) is 0 Å². The second-order valence-electron chi connectivity index (χ2n) is 2.45. The molecule has 0 aromatic rings. The summed E-state index contributed by atoms with van der Waals surface area (Å²) >= 11 is 0. The third kappa shape index (κ3) is 1.75. The van der Waals surface area contributed by atoms with Crippen LogP contribution in [-0.4, -0.2) is 12.7 Å². The fourth-order valence-corrected chi connectivity index (χ4v) is 0.911. The van der Waals surface area contributed by atoms with E-state index >= 15 is 0 Å². The molecule has 0 amide bonds. The highest BCUT2D eigenvalue weighted by molar-refractivity contribution is 4.83. The summed E-state index contributed by atoms with van der Waals surface area (Å²) in [5, 5.41) is 5.99. The Labute approximate surface area is 54.8 Å². The van der Waals surface area contributed by atoms with Crippen molar-refractivity contribution in [1.82, 2.24) is 5.32 Å². The number of nitrogens with one attached hydrogen (secondary N) is 1. The van der Waals surface area contributed by atoms with E-state index in [2.05, 4.69) is 10.5 Å². The van der Waals surface area contributed by atoms with E-state index in [9.17, 15) is 4.91 Å². The van der Waals surface area contributed by atoms with Gasteiger partial charge in [0, 0.05) is 0 Å². The van der Waals surface area contributed by atoms with Crippen molar-refractivity contribution in [1.29, 1.82) is 0 Å². The van der Waals surface area contributed by atoms with Crippen LogP contribution in [0.1, 0.15) is 19.8 Å². The van der Waals surface area contributed by atoms with Crippen molar-refractivity contribution in [3.05, 3.63) is 4.91 Å². The lowest BCUT2D eigenvalue weighted by Crippen LogP contribution is -2.28. The summed E-state index contributed by atoms with van der Waals surface area (Å²) in [7, 11) is 0. The highest BCUT2D eigenvalue weighted by Gasteiger charge is 2.31. The number of nitroso groups, excluding NO2 is 1. The Kier molecular flexibility index (Phi) is 2.16. The van der Waals surface area contributed by atoms with Crippen LogP contribution in [-0.2, 0) is 0 Å². The number of hydrogen-bond donors (Lipinski definition) is 1. The molecule has 0 aliphatic heterocycles. The minimum Gasteiger partial charge on any atom is -0.293 e. The summed E-state index contributed by atoms with van der Waals surface area (Å²) < 4.78 is 0. The molecule has 1 unspecified atom stereocenters. The molecule has 1 fully saturated rings. The SMILES string of the molecule is CCNC(N=O)C1CC1. The molecular formula is C6H12N2O. The zero-order chi connectivity index (χ0) is 6.69. The molecule has 0 spiro atoms. The molecule has 52 valence electrons. The first kappa shape index (κ1) is 6.68. The fourth-order valence-electron chi connectivity index (χ4n) is 0.911. The molecule has 1 aliphatic rings. The molecule has 0 heterocycles. The van der Waals surface area contributed by atoms with Crippen LogP contribution in [0.5, 0.6) is 0 Å². The highest BCUT2D eigenvalue weighted by atomic mass is 16.3. The molecule has 0 radical (unpaired) electrons. The normalized spacial score (nSPS) is 21.4. The zero-order valence-electron chi connectivity index (χ0n) is 5.63. The molecule has 0 aromatic heterocycles. The molecule has 1 saturated carbocycles. The second-order valence-corrected chi connectivity index (χ2v) is 2.45. The lowest BCUT2D eigenvalue weighted by Gasteiger charge is -2.05. The van der Waals surface area contributed by atoms with Gasteiger partial charge in [-0.15, -0.1) is 4.91 Å². The summed E-state index contributed by atoms with van der Waals surface area (Å²) in [6.45, 7) is 2.83. The molecule has 1 rings (SSSR count). The molecule has 3 heteroatoms. The maximum absolute atomic E-state index is 10.1. The number of nitrogens with zero attached hydrogens (tertiary/aromatic N) is 1. The Morgan fingerprint density at radius 1 is 1.78 bits per heavy atom. The summed E-state index contributed by atoms with van der Waals surface area (Å²) in [5.74, 6) is 0.544. The van der Waals surface area contributed by atoms with Crippen LogP contribution in [0.3, 0.4) is 0 Å². The maximum Gasteiger partial charge on any atom is 0.145 e. The van der Waals surface area contributed by atoms with Crippen molar-refractivity contribution in [2.24, 2.45) is 11.1 Å². The van der Waals surface area contributed by atoms with Crippen molar-refractivity contribution in [2.75, 3.05) is 6.54 Å². The summed E-state index contributed by atoms with van der Waals surface area (Å²) in [6, 6.07) is 0. The molecule has 3 nitrogen and oxygen atoms in total. The molecule has 1 aliphatic carbocycles. The van der Waals surface area contributed by atoms with Crippen LogP contribution >= 0.6 is 0 Å². The average molecular weight is 128 g/mol. The van der Waals surface area contributed by atoms with Gasteiger partial charge in [-0.3, -0.25) is 5.32 Å². The van der Waals surface area contributed by atoms with E-state index in [1.54, 1.807) is 0 Å². The van der Waals surface area contributed by atoms with Crippen molar-refractivity contribution >= 4 is 0 Å². The van der Waals surface area contributed by atoms with Crippen LogP contribution in [0.2, 0.25) is 0 Å². The predicted octanol–water partition coefficient (Wildman–Crippen LogP) is 1.10. The quantitative estimate of drug-likeness (QED) is 0.576. The maximum atomic E-state index is 10.1. The third-order valence-corrected chi connectivity index (χ3v) is 1.60. The van der Waals surface area contributed by atoms with E-state index in [-0.39, 0.29) is 6.17 Å². The smallest absolute Gasteiger partial charge is 0.145 e. The van der Waals surface area contributed by atoms with Crippen LogP contribution in [0, 0.1) is 10.8 Å². The van der Waals surface area contributed by atoms with Crippen molar-refractivity contribution in [2.45, 2.75) is 25.9 Å². The van der Waals surface area contributed by atoms with E-state index in [0.717, 1.165) is 6.54 Å². The molecule has 1 N–H and O–H groups in total. The molecule has 0 saturated heterocycles. The minimum atomic E-state index is -0.102. The Morgan fingerprint density at radius 2 is 2.44 bits per heavy atom. The van der Waals surface area contributed by atoms with Gasteiger partial charge < -0.3 is 0 Å². The van der Waals surface area contributed by atoms with Gasteiger partial charge in [-0.1, -0.05) is 12.1 Å². The van der Waals surface area contributed by atoms with Crippen LogP contribution in [0.15, 0.2) is 5.18 Å². The van der Waals surface area contributed by atoms with Gasteiger partial charge in [0.25, 0.3) is 0 Å². The van der Waals surface area contributed by atoms with Crippen molar-refractivity contribution in [3.63, 3.8) is 0 Å². The Bertz CT molecular complexity index is 101. The third-order valence-electron chi connectivity index (χ3n) is 1.60. The molecular weight excluding hydrogens is 116 g/mol. The monoisotopic (exact) mass is 128 g/mol. The highest BCUT2D eigenvalue weighted by Crippen LogP contribution is 2.32. The lowest BCUT2D eigenvalue weighted by molar-refractivity contribution is 0.490. The van der Waals surface area contributed by atoms with Gasteiger partial charge in [-0.2, -0.15) is 0 Å². The Morgan fingerprint density at radius 3 is 2.78 bits per heavy atom. The fraction of sp³-hybridized carbons (Fsp3) is 1.00. The molecule has 0 aromatic carbocycles. The van der Waals surface area contributed by atoms with Crippen molar-refractivity contribution < 1.29 is 0 Å². The molecule has 1 atom stereocenters. The molecule has 9 heavy (non-hydrogen) atoms. The van der Waals surface area contributed by atoms with Gasteiger partial charge in [-0.05, 0) is 25.3 Å². The lowest BCUT2D eigenvalue weighted by atomic mass is 10.3. The minimum absolute atomic E-state index is 0.102. The first-order valence-corrected chi connectivity index (χ1v) is 3.44. The van der Waals surface area contributed by atoms with E-state index in [0.29, 0.717) is 5.92 Å². The van der Waals surface area contributed by atoms with Gasteiger partial charge in [0.1, 0.15) is 6.17 Å². The predicted molar refractivity (Wildman–Crippen MR) is 36.0 cm³/mol. The van der Waals surface area contributed by atoms with Gasteiger partial charge in [0.05, 0.1) is 0 Å².